The standard InChI is InChI=1S/C14H19N3OS/c1-3-11-6-4-5-7-16(11)13(18)12-8-17-10(2)9-19-14(17)15-12/h8-9,11H,3-7H2,1-2H3. The molecule has 0 radical (unpaired) electrons. The molecule has 1 fully saturated rings. The van der Waals surface area contributed by atoms with Crippen LogP contribution < -0.4 is 0 Å². The molecule has 3 heterocycles. The Labute approximate surface area is 117 Å². The molecule has 19 heavy (non-hydrogen) atoms. The summed E-state index contributed by atoms with van der Waals surface area (Å²) in [6.45, 7) is 5.07. The Kier molecular flexibility index (Phi) is 3.31. The summed E-state index contributed by atoms with van der Waals surface area (Å²) in [6, 6.07) is 0.391. The number of likely N-dealkylation sites (tertiary alicyclic amines) is 1. The van der Waals surface area contributed by atoms with Gasteiger partial charge in [0.15, 0.2) is 4.96 Å². The fourth-order valence-electron chi connectivity index (χ4n) is 2.84. The molecule has 102 valence electrons. The van der Waals surface area contributed by atoms with Crippen LogP contribution >= 0.6 is 11.3 Å². The lowest BCUT2D eigenvalue weighted by Gasteiger charge is -2.34. The van der Waals surface area contributed by atoms with E-state index in [2.05, 4.69) is 17.3 Å². The zero-order valence-electron chi connectivity index (χ0n) is 11.4. The summed E-state index contributed by atoms with van der Waals surface area (Å²) >= 11 is 1.59. The average molecular weight is 277 g/mol. The van der Waals surface area contributed by atoms with Gasteiger partial charge in [-0.25, -0.2) is 4.98 Å². The smallest absolute Gasteiger partial charge is 0.274 e. The third-order valence-electron chi connectivity index (χ3n) is 3.97. The third kappa shape index (κ3) is 2.16. The number of nitrogens with zero attached hydrogens (tertiary/aromatic N) is 3. The SMILES string of the molecule is CCC1CCCCN1C(=O)c1cn2c(C)csc2n1. The summed E-state index contributed by atoms with van der Waals surface area (Å²) < 4.78 is 2.00. The van der Waals surface area contributed by atoms with Crippen LogP contribution in [0.2, 0.25) is 0 Å². The number of piperidine rings is 1. The first-order valence-electron chi connectivity index (χ1n) is 6.95. The van der Waals surface area contributed by atoms with Crippen molar-refractivity contribution in [1.29, 1.82) is 0 Å². The van der Waals surface area contributed by atoms with Crippen molar-refractivity contribution in [3.63, 3.8) is 0 Å². The topological polar surface area (TPSA) is 37.6 Å². The van der Waals surface area contributed by atoms with Crippen LogP contribution in [0, 0.1) is 6.92 Å². The maximum atomic E-state index is 12.6. The molecule has 0 aliphatic carbocycles. The highest BCUT2D eigenvalue weighted by Gasteiger charge is 2.27. The molecule has 0 spiro atoms. The van der Waals surface area contributed by atoms with Gasteiger partial charge in [0, 0.05) is 29.9 Å². The molecule has 4 nitrogen and oxygen atoms in total. The van der Waals surface area contributed by atoms with Crippen molar-refractivity contribution in [3.8, 4) is 0 Å². The van der Waals surface area contributed by atoms with Crippen LogP contribution in [0.1, 0.15) is 48.8 Å². The van der Waals surface area contributed by atoms with E-state index in [0.717, 1.165) is 36.5 Å². The number of aryl methyl sites for hydroxylation is 1. The summed E-state index contributed by atoms with van der Waals surface area (Å²) in [4.78, 5) is 20.0. The van der Waals surface area contributed by atoms with Gasteiger partial charge in [-0.05, 0) is 32.6 Å². The lowest BCUT2D eigenvalue weighted by atomic mass is 10.00. The Morgan fingerprint density at radius 1 is 1.53 bits per heavy atom. The molecule has 1 aliphatic rings. The van der Waals surface area contributed by atoms with Crippen LogP contribution in [0.3, 0.4) is 0 Å². The zero-order chi connectivity index (χ0) is 13.4. The molecule has 0 aromatic carbocycles. The van der Waals surface area contributed by atoms with Gasteiger partial charge in [-0.1, -0.05) is 6.92 Å². The zero-order valence-corrected chi connectivity index (χ0v) is 12.2. The minimum absolute atomic E-state index is 0.0989. The van der Waals surface area contributed by atoms with Crippen molar-refractivity contribution in [2.45, 2.75) is 45.6 Å². The summed E-state index contributed by atoms with van der Waals surface area (Å²) in [5, 5.41) is 2.06. The van der Waals surface area contributed by atoms with Crippen molar-refractivity contribution >= 4 is 22.2 Å². The van der Waals surface area contributed by atoms with E-state index in [9.17, 15) is 4.79 Å². The fourth-order valence-corrected chi connectivity index (χ4v) is 3.69. The molecular weight excluding hydrogens is 258 g/mol. The van der Waals surface area contributed by atoms with Gasteiger partial charge in [0.25, 0.3) is 5.91 Å². The van der Waals surface area contributed by atoms with E-state index in [1.165, 1.54) is 6.42 Å². The molecule has 0 N–H and O–H groups in total. The quantitative estimate of drug-likeness (QED) is 0.846. The number of amides is 1. The number of aromatic nitrogens is 2. The minimum atomic E-state index is 0.0989. The molecule has 1 aliphatic heterocycles. The molecule has 0 bridgehead atoms. The van der Waals surface area contributed by atoms with E-state index < -0.39 is 0 Å². The van der Waals surface area contributed by atoms with E-state index in [0.29, 0.717) is 11.7 Å². The lowest BCUT2D eigenvalue weighted by molar-refractivity contribution is 0.0602. The van der Waals surface area contributed by atoms with Gasteiger partial charge in [0.2, 0.25) is 0 Å². The van der Waals surface area contributed by atoms with Gasteiger partial charge >= 0.3 is 0 Å². The minimum Gasteiger partial charge on any atom is -0.334 e. The number of hydrogen-bond donors (Lipinski definition) is 0. The van der Waals surface area contributed by atoms with Crippen LogP contribution in [-0.4, -0.2) is 32.8 Å². The number of fused-ring (bicyclic) bond motifs is 1. The third-order valence-corrected chi connectivity index (χ3v) is 4.92. The molecule has 5 heteroatoms. The highest BCUT2D eigenvalue weighted by Crippen LogP contribution is 2.23. The molecule has 0 saturated carbocycles. The first kappa shape index (κ1) is 12.7. The van der Waals surface area contributed by atoms with Crippen LogP contribution in [0.4, 0.5) is 0 Å². The van der Waals surface area contributed by atoms with Gasteiger partial charge in [-0.3, -0.25) is 9.20 Å². The molecule has 1 unspecified atom stereocenters. The number of imidazole rings is 1. The van der Waals surface area contributed by atoms with Crippen molar-refractivity contribution in [1.82, 2.24) is 14.3 Å². The highest BCUT2D eigenvalue weighted by atomic mass is 32.1. The van der Waals surface area contributed by atoms with Crippen molar-refractivity contribution < 1.29 is 4.79 Å². The Hall–Kier alpha value is -1.36. The van der Waals surface area contributed by atoms with Crippen LogP contribution in [-0.2, 0) is 0 Å². The molecule has 2 aromatic heterocycles. The van der Waals surface area contributed by atoms with Crippen molar-refractivity contribution in [2.75, 3.05) is 6.54 Å². The Balaban J connectivity index is 1.89. The molecule has 1 saturated heterocycles. The Bertz CT molecular complexity index is 601. The number of carbonyl (C=O) groups excluding carboxylic acids is 1. The summed E-state index contributed by atoms with van der Waals surface area (Å²) in [5.41, 5.74) is 1.73. The van der Waals surface area contributed by atoms with Gasteiger partial charge in [-0.15, -0.1) is 11.3 Å². The normalized spacial score (nSPS) is 20.1. The van der Waals surface area contributed by atoms with Crippen LogP contribution in [0.25, 0.3) is 4.96 Å². The average Bonchev–Trinajstić information content (AvgIpc) is 3.00. The number of rotatable bonds is 2. The monoisotopic (exact) mass is 277 g/mol. The Morgan fingerprint density at radius 2 is 2.37 bits per heavy atom. The van der Waals surface area contributed by atoms with Gasteiger partial charge in [0.1, 0.15) is 5.69 Å². The van der Waals surface area contributed by atoms with E-state index in [1.54, 1.807) is 11.3 Å². The first-order chi connectivity index (χ1) is 9.20. The second-order valence-corrected chi connectivity index (χ2v) is 6.05. The molecule has 1 amide bonds. The second kappa shape index (κ2) is 4.96. The van der Waals surface area contributed by atoms with Gasteiger partial charge < -0.3 is 4.90 Å². The molecular formula is C14H19N3OS. The molecule has 1 atom stereocenters. The summed E-state index contributed by atoms with van der Waals surface area (Å²) in [6.07, 6.45) is 6.39. The molecule has 2 aromatic rings. The first-order valence-corrected chi connectivity index (χ1v) is 7.83. The summed E-state index contributed by atoms with van der Waals surface area (Å²) in [5.74, 6) is 0.0989. The predicted molar refractivity (Wildman–Crippen MR) is 76.8 cm³/mol. The maximum Gasteiger partial charge on any atom is 0.274 e. The van der Waals surface area contributed by atoms with Gasteiger partial charge in [-0.2, -0.15) is 0 Å². The van der Waals surface area contributed by atoms with E-state index in [-0.39, 0.29) is 5.91 Å². The maximum absolute atomic E-state index is 12.6. The lowest BCUT2D eigenvalue weighted by Crippen LogP contribution is -2.43. The Morgan fingerprint density at radius 3 is 3.11 bits per heavy atom. The van der Waals surface area contributed by atoms with Gasteiger partial charge in [0.05, 0.1) is 0 Å². The van der Waals surface area contributed by atoms with Crippen molar-refractivity contribution in [2.24, 2.45) is 0 Å². The van der Waals surface area contributed by atoms with Crippen LogP contribution in [0.5, 0.6) is 0 Å². The van der Waals surface area contributed by atoms with Crippen molar-refractivity contribution in [3.05, 3.63) is 23.0 Å². The number of thiazole rings is 1. The number of carbonyl (C=O) groups is 1. The van der Waals surface area contributed by atoms with Crippen LogP contribution in [0.15, 0.2) is 11.6 Å². The summed E-state index contributed by atoms with van der Waals surface area (Å²) in [7, 11) is 0. The van der Waals surface area contributed by atoms with E-state index >= 15 is 0 Å². The highest BCUT2D eigenvalue weighted by molar-refractivity contribution is 7.15. The fraction of sp³-hybridized carbons (Fsp3) is 0.571. The van der Waals surface area contributed by atoms with E-state index in [1.807, 2.05) is 22.4 Å². The predicted octanol–water partition coefficient (Wildman–Crippen LogP) is 3.11. The molecule has 3 rings (SSSR count). The number of hydrogen-bond acceptors (Lipinski definition) is 3. The van der Waals surface area contributed by atoms with E-state index in [4.69, 9.17) is 0 Å². The largest absolute Gasteiger partial charge is 0.334 e. The second-order valence-electron chi connectivity index (χ2n) is 5.21.